The Bertz CT molecular complexity index is 361. The van der Waals surface area contributed by atoms with E-state index in [1.54, 1.807) is 0 Å². The van der Waals surface area contributed by atoms with Crippen LogP contribution in [0, 0.1) is 0 Å². The van der Waals surface area contributed by atoms with Gasteiger partial charge in [0.15, 0.2) is 0 Å². The highest BCUT2D eigenvalue weighted by molar-refractivity contribution is 5.26. The topological polar surface area (TPSA) is 34.1 Å². The van der Waals surface area contributed by atoms with Crippen molar-refractivity contribution in [1.82, 2.24) is 10.3 Å². The summed E-state index contributed by atoms with van der Waals surface area (Å²) in [5.74, 6) is 0. The van der Waals surface area contributed by atoms with Gasteiger partial charge in [-0.25, -0.2) is 0 Å². The van der Waals surface area contributed by atoms with Crippen molar-refractivity contribution in [1.29, 1.82) is 0 Å². The molecule has 0 aliphatic carbocycles. The molecule has 2 heterocycles. The van der Waals surface area contributed by atoms with Crippen LogP contribution < -0.4 is 5.32 Å². The van der Waals surface area contributed by atoms with Crippen molar-refractivity contribution in [3.05, 3.63) is 29.6 Å². The van der Waals surface area contributed by atoms with Crippen LogP contribution in [0.2, 0.25) is 0 Å². The minimum Gasteiger partial charge on any atom is -0.378 e. The first-order valence-corrected chi connectivity index (χ1v) is 4.92. The summed E-state index contributed by atoms with van der Waals surface area (Å²) < 4.78 is 43.2. The van der Waals surface area contributed by atoms with Crippen LogP contribution >= 0.6 is 0 Å². The zero-order valence-electron chi connectivity index (χ0n) is 8.42. The molecule has 0 spiro atoms. The zero-order chi connectivity index (χ0) is 11.6. The van der Waals surface area contributed by atoms with Crippen LogP contribution in [0.25, 0.3) is 0 Å². The van der Waals surface area contributed by atoms with Gasteiger partial charge in [-0.3, -0.25) is 4.98 Å². The first-order valence-electron chi connectivity index (χ1n) is 4.92. The first kappa shape index (κ1) is 11.3. The number of aromatic nitrogens is 1. The normalized spacial score (nSPS) is 22.1. The average Bonchev–Trinajstić information content (AvgIpc) is 2.29. The van der Waals surface area contributed by atoms with Gasteiger partial charge in [0.05, 0.1) is 19.3 Å². The Labute approximate surface area is 90.6 Å². The lowest BCUT2D eigenvalue weighted by atomic mass is 10.0. The molecule has 0 aromatic carbocycles. The number of hydrogen-bond donors (Lipinski definition) is 1. The van der Waals surface area contributed by atoms with Crippen LogP contribution in [0.1, 0.15) is 17.3 Å². The van der Waals surface area contributed by atoms with Gasteiger partial charge in [0.2, 0.25) is 0 Å². The fourth-order valence-corrected chi connectivity index (χ4v) is 1.70. The number of morpholine rings is 1. The van der Waals surface area contributed by atoms with E-state index < -0.39 is 17.9 Å². The smallest absolute Gasteiger partial charge is 0.378 e. The fourth-order valence-electron chi connectivity index (χ4n) is 1.70. The predicted octanol–water partition coefficient (Wildman–Crippen LogP) is 1.76. The van der Waals surface area contributed by atoms with Gasteiger partial charge in [-0.2, -0.15) is 13.2 Å². The monoisotopic (exact) mass is 232 g/mol. The van der Waals surface area contributed by atoms with Gasteiger partial charge in [-0.1, -0.05) is 6.07 Å². The molecule has 0 amide bonds. The number of hydrogen-bond acceptors (Lipinski definition) is 3. The minimum atomic E-state index is -4.42. The summed E-state index contributed by atoms with van der Waals surface area (Å²) in [5, 5.41) is 2.98. The van der Waals surface area contributed by atoms with Gasteiger partial charge in [0.25, 0.3) is 0 Å². The third kappa shape index (κ3) is 2.33. The van der Waals surface area contributed by atoms with E-state index in [4.69, 9.17) is 4.74 Å². The standard InChI is InChI=1S/C10H11F3N2O/c11-10(12,13)9-7(2-1-3-15-9)8-6-16-5-4-14-8/h1-3,8,14H,4-6H2. The van der Waals surface area contributed by atoms with E-state index in [-0.39, 0.29) is 12.2 Å². The molecular formula is C10H11F3N2O. The summed E-state index contributed by atoms with van der Waals surface area (Å²) in [6, 6.07) is 2.50. The van der Waals surface area contributed by atoms with Crippen molar-refractivity contribution in [3.8, 4) is 0 Å². The predicted molar refractivity (Wildman–Crippen MR) is 50.8 cm³/mol. The van der Waals surface area contributed by atoms with E-state index in [1.165, 1.54) is 12.1 Å². The van der Waals surface area contributed by atoms with E-state index in [0.29, 0.717) is 13.2 Å². The van der Waals surface area contributed by atoms with Gasteiger partial charge in [-0.15, -0.1) is 0 Å². The second kappa shape index (κ2) is 4.39. The maximum Gasteiger partial charge on any atom is 0.433 e. The average molecular weight is 232 g/mol. The lowest BCUT2D eigenvalue weighted by molar-refractivity contribution is -0.142. The van der Waals surface area contributed by atoms with Gasteiger partial charge >= 0.3 is 6.18 Å². The molecular weight excluding hydrogens is 221 g/mol. The number of alkyl halides is 3. The highest BCUT2D eigenvalue weighted by Gasteiger charge is 2.37. The van der Waals surface area contributed by atoms with Crippen molar-refractivity contribution >= 4 is 0 Å². The molecule has 3 nitrogen and oxygen atoms in total. The van der Waals surface area contributed by atoms with E-state index in [0.717, 1.165) is 6.20 Å². The lowest BCUT2D eigenvalue weighted by Gasteiger charge is -2.25. The van der Waals surface area contributed by atoms with Crippen molar-refractivity contribution in [2.75, 3.05) is 19.8 Å². The number of nitrogens with zero attached hydrogens (tertiary/aromatic N) is 1. The Balaban J connectivity index is 2.32. The summed E-state index contributed by atoms with van der Waals surface area (Å²) in [7, 11) is 0. The molecule has 1 aliphatic heterocycles. The second-order valence-electron chi connectivity index (χ2n) is 3.52. The van der Waals surface area contributed by atoms with Gasteiger partial charge in [-0.05, 0) is 6.07 Å². The highest BCUT2D eigenvalue weighted by atomic mass is 19.4. The van der Waals surface area contributed by atoms with Crippen molar-refractivity contribution in [2.45, 2.75) is 12.2 Å². The van der Waals surface area contributed by atoms with E-state index in [9.17, 15) is 13.2 Å². The molecule has 1 unspecified atom stereocenters. The summed E-state index contributed by atoms with van der Waals surface area (Å²) >= 11 is 0. The molecule has 88 valence electrons. The van der Waals surface area contributed by atoms with E-state index in [1.807, 2.05) is 0 Å². The number of rotatable bonds is 1. The lowest BCUT2D eigenvalue weighted by Crippen LogP contribution is -2.36. The molecule has 0 radical (unpaired) electrons. The van der Waals surface area contributed by atoms with Crippen molar-refractivity contribution in [3.63, 3.8) is 0 Å². The summed E-state index contributed by atoms with van der Waals surface area (Å²) in [6.45, 7) is 1.32. The SMILES string of the molecule is FC(F)(F)c1ncccc1C1COCCN1. The summed E-state index contributed by atoms with van der Waals surface area (Å²) in [4.78, 5) is 3.40. The number of ether oxygens (including phenoxy) is 1. The Hall–Kier alpha value is -1.14. The maximum absolute atomic E-state index is 12.7. The van der Waals surface area contributed by atoms with E-state index in [2.05, 4.69) is 10.3 Å². The molecule has 1 aromatic rings. The second-order valence-corrected chi connectivity index (χ2v) is 3.52. The van der Waals surface area contributed by atoms with Crippen LogP contribution in [0.15, 0.2) is 18.3 Å². The van der Waals surface area contributed by atoms with Crippen LogP contribution in [0.3, 0.4) is 0 Å². The van der Waals surface area contributed by atoms with Crippen LogP contribution in [-0.2, 0) is 10.9 Å². The highest BCUT2D eigenvalue weighted by Crippen LogP contribution is 2.33. The molecule has 16 heavy (non-hydrogen) atoms. The molecule has 1 N–H and O–H groups in total. The third-order valence-electron chi connectivity index (χ3n) is 2.40. The van der Waals surface area contributed by atoms with Crippen LogP contribution in [0.4, 0.5) is 13.2 Å². The molecule has 1 fully saturated rings. The molecule has 1 atom stereocenters. The minimum absolute atomic E-state index is 0.148. The maximum atomic E-state index is 12.7. The molecule has 2 rings (SSSR count). The Morgan fingerprint density at radius 1 is 1.44 bits per heavy atom. The molecule has 1 aliphatic rings. The van der Waals surface area contributed by atoms with Crippen molar-refractivity contribution < 1.29 is 17.9 Å². The van der Waals surface area contributed by atoms with Gasteiger partial charge in [0.1, 0.15) is 5.69 Å². The molecule has 1 aromatic heterocycles. The Kier molecular flexibility index (Phi) is 3.11. The number of halogens is 3. The number of nitrogens with one attached hydrogen (secondary N) is 1. The Morgan fingerprint density at radius 3 is 2.88 bits per heavy atom. The van der Waals surface area contributed by atoms with E-state index >= 15 is 0 Å². The van der Waals surface area contributed by atoms with Crippen LogP contribution in [0.5, 0.6) is 0 Å². The molecule has 0 bridgehead atoms. The fraction of sp³-hybridized carbons (Fsp3) is 0.500. The summed E-state index contributed by atoms with van der Waals surface area (Å²) in [5.41, 5.74) is -0.687. The quantitative estimate of drug-likeness (QED) is 0.801. The van der Waals surface area contributed by atoms with Gasteiger partial charge < -0.3 is 10.1 Å². The first-order chi connectivity index (χ1) is 7.59. The molecule has 6 heteroatoms. The third-order valence-corrected chi connectivity index (χ3v) is 2.40. The van der Waals surface area contributed by atoms with Crippen molar-refractivity contribution in [2.24, 2.45) is 0 Å². The Morgan fingerprint density at radius 2 is 2.25 bits per heavy atom. The van der Waals surface area contributed by atoms with Crippen LogP contribution in [-0.4, -0.2) is 24.7 Å². The van der Waals surface area contributed by atoms with Gasteiger partial charge in [0, 0.05) is 18.3 Å². The molecule has 1 saturated heterocycles. The largest absolute Gasteiger partial charge is 0.433 e. The zero-order valence-corrected chi connectivity index (χ0v) is 8.42. The summed E-state index contributed by atoms with van der Waals surface area (Å²) in [6.07, 6.45) is -3.27. The number of pyridine rings is 1. The molecule has 0 saturated carbocycles.